The number of nitrogen functional groups attached to an aromatic ring is 1. The quantitative estimate of drug-likeness (QED) is 0.619. The molecule has 8 nitrogen and oxygen atoms in total. The van der Waals surface area contributed by atoms with Crippen molar-refractivity contribution in [3.05, 3.63) is 47.8 Å². The molecule has 0 bridgehead atoms. The zero-order valence-electron chi connectivity index (χ0n) is 17.8. The molecule has 158 valence electrons. The van der Waals surface area contributed by atoms with Gasteiger partial charge in [0.05, 0.1) is 0 Å². The number of rotatable bonds is 3. The molecule has 1 aliphatic heterocycles. The maximum atomic E-state index is 12.1. The van der Waals surface area contributed by atoms with Crippen LogP contribution in [0, 0.1) is 11.8 Å². The van der Waals surface area contributed by atoms with Crippen LogP contribution in [0.2, 0.25) is 0 Å². The van der Waals surface area contributed by atoms with Gasteiger partial charge in [-0.25, -0.2) is 15.0 Å². The Kier molecular flexibility index (Phi) is 5.31. The highest BCUT2D eigenvalue weighted by Gasteiger charge is 2.42. The first-order valence-corrected chi connectivity index (χ1v) is 9.93. The molecule has 2 aromatic heterocycles. The van der Waals surface area contributed by atoms with E-state index in [-0.39, 0.29) is 5.91 Å². The molecule has 4 rings (SSSR count). The number of nitrogens with zero attached hydrogens (tertiary/aromatic N) is 5. The fourth-order valence-corrected chi connectivity index (χ4v) is 3.58. The minimum atomic E-state index is -1.63. The summed E-state index contributed by atoms with van der Waals surface area (Å²) >= 11 is 0. The van der Waals surface area contributed by atoms with Gasteiger partial charge in [0.1, 0.15) is 11.3 Å². The minimum absolute atomic E-state index is 0.296. The van der Waals surface area contributed by atoms with Crippen molar-refractivity contribution < 1.29 is 9.90 Å². The van der Waals surface area contributed by atoms with E-state index in [2.05, 4.69) is 26.8 Å². The van der Waals surface area contributed by atoms with Crippen molar-refractivity contribution in [2.24, 2.45) is 0 Å². The Hall–Kier alpha value is -3.54. The van der Waals surface area contributed by atoms with Crippen LogP contribution in [0.3, 0.4) is 0 Å². The number of pyridine rings is 1. The van der Waals surface area contributed by atoms with Crippen LogP contribution in [0.5, 0.6) is 0 Å². The first kappa shape index (κ1) is 20.7. The number of likely N-dealkylation sites (N-methyl/N-ethyl adjacent to an activating group) is 1. The summed E-state index contributed by atoms with van der Waals surface area (Å²) in [6, 6.07) is 7.36. The Morgan fingerprint density at radius 1 is 1.29 bits per heavy atom. The van der Waals surface area contributed by atoms with Crippen molar-refractivity contribution >= 4 is 22.6 Å². The number of hydrogen-bond acceptors (Lipinski definition) is 7. The largest absolute Gasteiger partial charge is 0.382 e. The third-order valence-electron chi connectivity index (χ3n) is 5.27. The maximum Gasteiger partial charge on any atom is 0.267 e. The number of hydrogen-bond donors (Lipinski definition) is 2. The van der Waals surface area contributed by atoms with Gasteiger partial charge in [0, 0.05) is 55.5 Å². The molecular weight excluding hydrogens is 392 g/mol. The first-order valence-electron chi connectivity index (χ1n) is 9.93. The van der Waals surface area contributed by atoms with Gasteiger partial charge in [-0.1, -0.05) is 24.0 Å². The van der Waals surface area contributed by atoms with Crippen molar-refractivity contribution in [3.8, 4) is 23.2 Å². The van der Waals surface area contributed by atoms with Gasteiger partial charge < -0.3 is 20.6 Å². The highest BCUT2D eigenvalue weighted by Crippen LogP contribution is 2.25. The Labute approximate surface area is 180 Å². The molecule has 1 unspecified atom stereocenters. The SMILES string of the molecule is CN(C)Cc1cnc(N)c2nc(-c3cccc(C#CC4(O)CCN(C)C4=O)c3)ncc12. The van der Waals surface area contributed by atoms with Crippen molar-refractivity contribution in [2.75, 3.05) is 33.4 Å². The van der Waals surface area contributed by atoms with Crippen LogP contribution in [0.25, 0.3) is 22.3 Å². The summed E-state index contributed by atoms with van der Waals surface area (Å²) in [7, 11) is 5.62. The molecule has 1 aliphatic rings. The average molecular weight is 416 g/mol. The number of anilines is 1. The first-order chi connectivity index (χ1) is 14.8. The zero-order chi connectivity index (χ0) is 22.2. The standard InChI is InChI=1S/C23H24N6O2/c1-28(2)14-17-12-25-20(24)19-18(17)13-26-21(27-19)16-6-4-5-15(11-16)7-8-23(31)9-10-29(3)22(23)30/h4-6,11-13,31H,9-10,14H2,1-3H3,(H2,24,25). The normalized spacial score (nSPS) is 18.5. The molecule has 0 aliphatic carbocycles. The highest BCUT2D eigenvalue weighted by molar-refractivity contribution is 5.91. The molecule has 1 saturated heterocycles. The van der Waals surface area contributed by atoms with Crippen LogP contribution in [0.4, 0.5) is 5.82 Å². The van der Waals surface area contributed by atoms with Crippen LogP contribution in [-0.2, 0) is 11.3 Å². The molecule has 0 radical (unpaired) electrons. The number of aliphatic hydroxyl groups is 1. The third-order valence-corrected chi connectivity index (χ3v) is 5.27. The summed E-state index contributed by atoms with van der Waals surface area (Å²) in [6.07, 6.45) is 3.82. The number of likely N-dealkylation sites (tertiary alicyclic amines) is 1. The third kappa shape index (κ3) is 4.06. The molecule has 1 amide bonds. The van der Waals surface area contributed by atoms with Gasteiger partial charge in [-0.2, -0.15) is 0 Å². The van der Waals surface area contributed by atoms with Crippen LogP contribution in [0.15, 0.2) is 36.7 Å². The number of nitrogens with two attached hydrogens (primary N) is 1. The van der Waals surface area contributed by atoms with E-state index in [1.54, 1.807) is 19.4 Å². The van der Waals surface area contributed by atoms with Crippen molar-refractivity contribution in [1.29, 1.82) is 0 Å². The van der Waals surface area contributed by atoms with Gasteiger partial charge in [-0.15, -0.1) is 0 Å². The fourth-order valence-electron chi connectivity index (χ4n) is 3.58. The van der Waals surface area contributed by atoms with E-state index < -0.39 is 5.60 Å². The van der Waals surface area contributed by atoms with Gasteiger partial charge in [0.25, 0.3) is 5.91 Å². The number of aromatic nitrogens is 3. The molecule has 3 aromatic rings. The molecule has 31 heavy (non-hydrogen) atoms. The van der Waals surface area contributed by atoms with Crippen LogP contribution in [-0.4, -0.2) is 69.1 Å². The second kappa shape index (κ2) is 7.95. The summed E-state index contributed by atoms with van der Waals surface area (Å²) in [6.45, 7) is 1.19. The lowest BCUT2D eigenvalue weighted by atomic mass is 10.0. The van der Waals surface area contributed by atoms with Gasteiger partial charge in [-0.05, 0) is 31.8 Å². The zero-order valence-corrected chi connectivity index (χ0v) is 17.8. The number of benzene rings is 1. The molecule has 1 atom stereocenters. The monoisotopic (exact) mass is 416 g/mol. The summed E-state index contributed by atoms with van der Waals surface area (Å²) in [5.41, 5.74) is 7.48. The van der Waals surface area contributed by atoms with Crippen LogP contribution >= 0.6 is 0 Å². The molecular formula is C23H24N6O2. The average Bonchev–Trinajstić information content (AvgIpc) is 3.02. The predicted octanol–water partition coefficient (Wildman–Crippen LogP) is 1.28. The topological polar surface area (TPSA) is 108 Å². The van der Waals surface area contributed by atoms with E-state index in [0.29, 0.717) is 42.2 Å². The van der Waals surface area contributed by atoms with E-state index in [4.69, 9.17) is 5.73 Å². The molecule has 1 aromatic carbocycles. The second-order valence-corrected chi connectivity index (χ2v) is 8.03. The number of amides is 1. The van der Waals surface area contributed by atoms with E-state index in [9.17, 15) is 9.90 Å². The highest BCUT2D eigenvalue weighted by atomic mass is 16.3. The van der Waals surface area contributed by atoms with Gasteiger partial charge in [0.2, 0.25) is 5.60 Å². The molecule has 3 N–H and O–H groups in total. The van der Waals surface area contributed by atoms with Crippen molar-refractivity contribution in [1.82, 2.24) is 24.8 Å². The summed E-state index contributed by atoms with van der Waals surface area (Å²) in [5.74, 6) is 6.14. The number of fused-ring (bicyclic) bond motifs is 1. The summed E-state index contributed by atoms with van der Waals surface area (Å²) < 4.78 is 0. The number of carbonyl (C=O) groups excluding carboxylic acids is 1. The lowest BCUT2D eigenvalue weighted by molar-refractivity contribution is -0.137. The summed E-state index contributed by atoms with van der Waals surface area (Å²) in [4.78, 5) is 29.1. The van der Waals surface area contributed by atoms with Crippen molar-refractivity contribution in [3.63, 3.8) is 0 Å². The Morgan fingerprint density at radius 3 is 2.81 bits per heavy atom. The number of carbonyl (C=O) groups is 1. The molecule has 0 saturated carbocycles. The molecule has 3 heterocycles. The van der Waals surface area contributed by atoms with Crippen LogP contribution in [0.1, 0.15) is 17.5 Å². The van der Waals surface area contributed by atoms with Crippen molar-refractivity contribution in [2.45, 2.75) is 18.6 Å². The molecule has 8 heteroatoms. The van der Waals surface area contributed by atoms with E-state index >= 15 is 0 Å². The maximum absolute atomic E-state index is 12.1. The molecule has 0 spiro atoms. The lowest BCUT2D eigenvalue weighted by Gasteiger charge is -2.13. The Bertz CT molecular complexity index is 1230. The second-order valence-electron chi connectivity index (χ2n) is 8.03. The minimum Gasteiger partial charge on any atom is -0.382 e. The Balaban J connectivity index is 1.69. The predicted molar refractivity (Wildman–Crippen MR) is 119 cm³/mol. The van der Waals surface area contributed by atoms with Crippen LogP contribution < -0.4 is 5.73 Å². The Morgan fingerprint density at radius 2 is 2.10 bits per heavy atom. The van der Waals surface area contributed by atoms with Gasteiger partial charge in [-0.3, -0.25) is 4.79 Å². The molecule has 1 fully saturated rings. The lowest BCUT2D eigenvalue weighted by Crippen LogP contribution is -2.37. The fraction of sp³-hybridized carbons (Fsp3) is 0.304. The van der Waals surface area contributed by atoms with E-state index in [0.717, 1.165) is 16.5 Å². The smallest absolute Gasteiger partial charge is 0.267 e. The van der Waals surface area contributed by atoms with Gasteiger partial charge >= 0.3 is 0 Å². The van der Waals surface area contributed by atoms with E-state index in [1.165, 1.54) is 4.90 Å². The summed E-state index contributed by atoms with van der Waals surface area (Å²) in [5, 5.41) is 11.4. The van der Waals surface area contributed by atoms with E-state index in [1.807, 2.05) is 43.3 Å². The van der Waals surface area contributed by atoms with Gasteiger partial charge in [0.15, 0.2) is 5.82 Å².